The Kier molecular flexibility index (Phi) is 3.93. The van der Waals surface area contributed by atoms with Crippen molar-refractivity contribution < 1.29 is 14.6 Å². The van der Waals surface area contributed by atoms with Crippen LogP contribution in [-0.2, 0) is 4.79 Å². The predicted octanol–water partition coefficient (Wildman–Crippen LogP) is 3.12. The summed E-state index contributed by atoms with van der Waals surface area (Å²) in [7, 11) is 0. The van der Waals surface area contributed by atoms with Crippen molar-refractivity contribution in [1.82, 2.24) is 0 Å². The maximum Gasteiger partial charge on any atom is 0.311 e. The second-order valence-corrected chi connectivity index (χ2v) is 5.03. The molecule has 88 valence electrons. The summed E-state index contributed by atoms with van der Waals surface area (Å²) in [5.74, 6) is 0.395. The summed E-state index contributed by atoms with van der Waals surface area (Å²) in [4.78, 5) is 11.5. The summed E-state index contributed by atoms with van der Waals surface area (Å²) in [5, 5.41) is 9.06. The molecule has 3 nitrogen and oxygen atoms in total. The third-order valence-corrected chi connectivity index (χ3v) is 2.15. The van der Waals surface area contributed by atoms with E-state index < -0.39 is 0 Å². The van der Waals surface area contributed by atoms with Gasteiger partial charge in [-0.25, -0.2) is 0 Å². The van der Waals surface area contributed by atoms with E-state index in [1.165, 1.54) is 12.1 Å². The van der Waals surface area contributed by atoms with Gasteiger partial charge in [0.1, 0.15) is 11.5 Å². The Hall–Kier alpha value is -1.51. The predicted molar refractivity (Wildman–Crippen MR) is 62.4 cm³/mol. The highest BCUT2D eigenvalue weighted by Gasteiger charge is 2.14. The first-order chi connectivity index (χ1) is 7.37. The number of carbonyl (C=O) groups excluding carboxylic acids is 1. The van der Waals surface area contributed by atoms with Gasteiger partial charge in [-0.05, 0) is 36.1 Å². The Morgan fingerprint density at radius 1 is 1.25 bits per heavy atom. The van der Waals surface area contributed by atoms with Crippen molar-refractivity contribution in [2.24, 2.45) is 5.41 Å². The van der Waals surface area contributed by atoms with E-state index >= 15 is 0 Å². The molecule has 0 aliphatic carbocycles. The molecule has 0 fully saturated rings. The van der Waals surface area contributed by atoms with Crippen molar-refractivity contribution in [3.05, 3.63) is 24.3 Å². The second-order valence-electron chi connectivity index (χ2n) is 5.03. The van der Waals surface area contributed by atoms with E-state index in [9.17, 15) is 4.79 Å². The maximum atomic E-state index is 11.5. The van der Waals surface area contributed by atoms with Crippen molar-refractivity contribution in [1.29, 1.82) is 0 Å². The molecule has 0 aliphatic heterocycles. The smallest absolute Gasteiger partial charge is 0.311 e. The lowest BCUT2D eigenvalue weighted by Crippen LogP contribution is -2.13. The van der Waals surface area contributed by atoms with Crippen LogP contribution in [0.15, 0.2) is 24.3 Å². The lowest BCUT2D eigenvalue weighted by atomic mass is 9.91. The van der Waals surface area contributed by atoms with Crippen LogP contribution in [0.1, 0.15) is 33.6 Å². The molecule has 0 aromatic heterocycles. The van der Waals surface area contributed by atoms with Crippen LogP contribution in [-0.4, -0.2) is 11.1 Å². The molecule has 16 heavy (non-hydrogen) atoms. The van der Waals surface area contributed by atoms with E-state index in [2.05, 4.69) is 20.8 Å². The van der Waals surface area contributed by atoms with Gasteiger partial charge in [0.05, 0.1) is 0 Å². The van der Waals surface area contributed by atoms with Gasteiger partial charge >= 0.3 is 5.97 Å². The number of hydrogen-bond acceptors (Lipinski definition) is 3. The lowest BCUT2D eigenvalue weighted by Gasteiger charge is -2.16. The van der Waals surface area contributed by atoms with Gasteiger partial charge in [0.25, 0.3) is 0 Å². The van der Waals surface area contributed by atoms with Crippen LogP contribution in [0.3, 0.4) is 0 Å². The fraction of sp³-hybridized carbons (Fsp3) is 0.462. The Labute approximate surface area is 96.1 Å². The molecule has 3 heteroatoms. The Morgan fingerprint density at radius 3 is 2.31 bits per heavy atom. The first-order valence-corrected chi connectivity index (χ1v) is 5.36. The highest BCUT2D eigenvalue weighted by molar-refractivity contribution is 5.72. The molecule has 0 unspecified atom stereocenters. The zero-order valence-electron chi connectivity index (χ0n) is 9.99. The molecule has 0 bridgehead atoms. The summed E-state index contributed by atoms with van der Waals surface area (Å²) in [6.07, 6.45) is 1.20. The molecule has 1 N–H and O–H groups in total. The molecule has 0 saturated carbocycles. The quantitative estimate of drug-likeness (QED) is 0.631. The van der Waals surface area contributed by atoms with Crippen molar-refractivity contribution in [3.8, 4) is 11.5 Å². The van der Waals surface area contributed by atoms with Crippen molar-refractivity contribution in [2.75, 3.05) is 0 Å². The fourth-order valence-electron chi connectivity index (χ4n) is 1.17. The number of benzene rings is 1. The summed E-state index contributed by atoms with van der Waals surface area (Å²) in [6, 6.07) is 6.13. The van der Waals surface area contributed by atoms with Crippen molar-refractivity contribution in [3.63, 3.8) is 0 Å². The van der Waals surface area contributed by atoms with Gasteiger partial charge in [-0.15, -0.1) is 0 Å². The van der Waals surface area contributed by atoms with E-state index in [1.54, 1.807) is 12.1 Å². The summed E-state index contributed by atoms with van der Waals surface area (Å²) in [6.45, 7) is 6.25. The third-order valence-electron chi connectivity index (χ3n) is 2.15. The van der Waals surface area contributed by atoms with Crippen LogP contribution in [0.4, 0.5) is 0 Å². The molecule has 1 rings (SSSR count). The molecule has 0 heterocycles. The van der Waals surface area contributed by atoms with Crippen LogP contribution in [0, 0.1) is 5.41 Å². The molecule has 1 aromatic rings. The SMILES string of the molecule is CC(C)(C)CCC(=O)Oc1ccc(O)cc1. The highest BCUT2D eigenvalue weighted by Crippen LogP contribution is 2.22. The van der Waals surface area contributed by atoms with Crippen LogP contribution < -0.4 is 4.74 Å². The standard InChI is InChI=1S/C13H18O3/c1-13(2,3)9-8-12(15)16-11-6-4-10(14)5-7-11/h4-7,14H,8-9H2,1-3H3. The lowest BCUT2D eigenvalue weighted by molar-refractivity contribution is -0.134. The van der Waals surface area contributed by atoms with Crippen LogP contribution in [0.5, 0.6) is 11.5 Å². The van der Waals surface area contributed by atoms with Crippen LogP contribution in [0.2, 0.25) is 0 Å². The van der Waals surface area contributed by atoms with Crippen molar-refractivity contribution >= 4 is 5.97 Å². The average Bonchev–Trinajstić information content (AvgIpc) is 2.18. The zero-order valence-corrected chi connectivity index (χ0v) is 9.99. The Bertz CT molecular complexity index is 346. The number of rotatable bonds is 3. The maximum absolute atomic E-state index is 11.5. The number of phenolic OH excluding ortho intramolecular Hbond substituents is 1. The molecule has 1 aromatic carbocycles. The largest absolute Gasteiger partial charge is 0.508 e. The van der Waals surface area contributed by atoms with E-state index in [-0.39, 0.29) is 17.1 Å². The van der Waals surface area contributed by atoms with Gasteiger partial charge < -0.3 is 9.84 Å². The molecule has 0 amide bonds. The minimum absolute atomic E-state index is 0.133. The van der Waals surface area contributed by atoms with Gasteiger partial charge in [0.2, 0.25) is 0 Å². The molecule has 0 radical (unpaired) electrons. The molecule has 0 saturated heterocycles. The zero-order chi connectivity index (χ0) is 12.2. The number of ether oxygens (including phenoxy) is 1. The molecular weight excluding hydrogens is 204 g/mol. The first-order valence-electron chi connectivity index (χ1n) is 5.36. The van der Waals surface area contributed by atoms with Gasteiger partial charge in [-0.1, -0.05) is 20.8 Å². The molecular formula is C13H18O3. The third kappa shape index (κ3) is 4.82. The number of hydrogen-bond donors (Lipinski definition) is 1. The van der Waals surface area contributed by atoms with Crippen LogP contribution >= 0.6 is 0 Å². The fourth-order valence-corrected chi connectivity index (χ4v) is 1.17. The summed E-state index contributed by atoms with van der Waals surface area (Å²) >= 11 is 0. The molecule has 0 aliphatic rings. The summed E-state index contributed by atoms with van der Waals surface area (Å²) < 4.78 is 5.11. The van der Waals surface area contributed by atoms with E-state index in [0.29, 0.717) is 12.2 Å². The number of phenols is 1. The Balaban J connectivity index is 2.43. The van der Waals surface area contributed by atoms with Crippen LogP contribution in [0.25, 0.3) is 0 Å². The average molecular weight is 222 g/mol. The monoisotopic (exact) mass is 222 g/mol. The minimum atomic E-state index is -0.236. The number of aromatic hydroxyl groups is 1. The number of carbonyl (C=O) groups is 1. The molecule has 0 spiro atoms. The normalized spacial score (nSPS) is 11.2. The van der Waals surface area contributed by atoms with Gasteiger partial charge in [-0.3, -0.25) is 4.79 Å². The van der Waals surface area contributed by atoms with Gasteiger partial charge in [0, 0.05) is 6.42 Å². The topological polar surface area (TPSA) is 46.5 Å². The van der Waals surface area contributed by atoms with E-state index in [1.807, 2.05) is 0 Å². The summed E-state index contributed by atoms with van der Waals surface area (Å²) in [5.41, 5.74) is 0.133. The Morgan fingerprint density at radius 2 is 1.81 bits per heavy atom. The first kappa shape index (κ1) is 12.6. The van der Waals surface area contributed by atoms with Gasteiger partial charge in [0.15, 0.2) is 0 Å². The van der Waals surface area contributed by atoms with E-state index in [0.717, 1.165) is 6.42 Å². The highest BCUT2D eigenvalue weighted by atomic mass is 16.5. The van der Waals surface area contributed by atoms with Gasteiger partial charge in [-0.2, -0.15) is 0 Å². The number of esters is 1. The second kappa shape index (κ2) is 5.01. The van der Waals surface area contributed by atoms with Crippen molar-refractivity contribution in [2.45, 2.75) is 33.6 Å². The van der Waals surface area contributed by atoms with E-state index in [4.69, 9.17) is 9.84 Å². The minimum Gasteiger partial charge on any atom is -0.508 e. The molecule has 0 atom stereocenters.